The van der Waals surface area contributed by atoms with Crippen molar-refractivity contribution in [3.05, 3.63) is 29.8 Å². The normalized spacial score (nSPS) is 25.9. The van der Waals surface area contributed by atoms with Gasteiger partial charge in [-0.25, -0.2) is 0 Å². The molecular formula is C19H24N2O2. The number of nitrogens with zero attached hydrogens (tertiary/aromatic N) is 2. The molecule has 122 valence electrons. The highest BCUT2D eigenvalue weighted by molar-refractivity contribution is 5.98. The van der Waals surface area contributed by atoms with Crippen molar-refractivity contribution >= 4 is 5.78 Å². The molecule has 1 aromatic rings. The summed E-state index contributed by atoms with van der Waals surface area (Å²) < 4.78 is 5.14. The van der Waals surface area contributed by atoms with Crippen LogP contribution in [0.15, 0.2) is 24.3 Å². The average Bonchev–Trinajstić information content (AvgIpc) is 3.10. The number of Topliss-reactive ketones (excluding diaryl/α,β-unsaturated/α-hetero) is 1. The highest BCUT2D eigenvalue weighted by Gasteiger charge is 2.33. The van der Waals surface area contributed by atoms with E-state index in [9.17, 15) is 4.79 Å². The zero-order valence-electron chi connectivity index (χ0n) is 13.7. The number of likely N-dealkylation sites (tertiary alicyclic amines) is 1. The second-order valence-electron chi connectivity index (χ2n) is 6.70. The van der Waals surface area contributed by atoms with Gasteiger partial charge in [0.2, 0.25) is 0 Å². The SMILES string of the molecule is COc1ccc(C(=O)C2CCN([C@H]3CC[C@@H](C#N)C3)CC2)cc1. The molecule has 2 fully saturated rings. The average molecular weight is 312 g/mol. The van der Waals surface area contributed by atoms with Crippen LogP contribution in [0, 0.1) is 23.2 Å². The van der Waals surface area contributed by atoms with Gasteiger partial charge in [0.25, 0.3) is 0 Å². The molecule has 4 heteroatoms. The number of hydrogen-bond donors (Lipinski definition) is 0. The molecule has 4 nitrogen and oxygen atoms in total. The van der Waals surface area contributed by atoms with Gasteiger partial charge in [-0.2, -0.15) is 5.26 Å². The summed E-state index contributed by atoms with van der Waals surface area (Å²) in [6.07, 6.45) is 5.03. The van der Waals surface area contributed by atoms with E-state index < -0.39 is 0 Å². The highest BCUT2D eigenvalue weighted by Crippen LogP contribution is 2.32. The lowest BCUT2D eigenvalue weighted by Crippen LogP contribution is -2.41. The Balaban J connectivity index is 1.54. The van der Waals surface area contributed by atoms with E-state index in [1.54, 1.807) is 7.11 Å². The standard InChI is InChI=1S/C19H24N2O2/c1-23-18-6-3-15(4-7-18)19(22)16-8-10-21(11-9-16)17-5-2-14(12-17)13-20/h3-4,6-7,14,16-17H,2,5,8-12H2,1H3/t14-,17+/m1/s1. The number of hydrogen-bond acceptors (Lipinski definition) is 4. The molecule has 1 aromatic carbocycles. The van der Waals surface area contributed by atoms with E-state index in [4.69, 9.17) is 10.00 Å². The third kappa shape index (κ3) is 3.56. The van der Waals surface area contributed by atoms with E-state index in [0.29, 0.717) is 6.04 Å². The minimum atomic E-state index is 0.132. The van der Waals surface area contributed by atoms with E-state index in [1.807, 2.05) is 24.3 Å². The van der Waals surface area contributed by atoms with Gasteiger partial charge in [0.05, 0.1) is 13.2 Å². The summed E-state index contributed by atoms with van der Waals surface area (Å²) in [5, 5.41) is 9.04. The van der Waals surface area contributed by atoms with Crippen LogP contribution >= 0.6 is 0 Å². The first-order valence-electron chi connectivity index (χ1n) is 8.53. The highest BCUT2D eigenvalue weighted by atomic mass is 16.5. The van der Waals surface area contributed by atoms with E-state index in [0.717, 1.165) is 56.5 Å². The minimum absolute atomic E-state index is 0.132. The Labute approximate surface area is 138 Å². The molecule has 3 rings (SSSR count). The summed E-state index contributed by atoms with van der Waals surface area (Å²) in [7, 11) is 1.63. The lowest BCUT2D eigenvalue weighted by Gasteiger charge is -2.35. The van der Waals surface area contributed by atoms with Crippen molar-refractivity contribution < 1.29 is 9.53 Å². The Hall–Kier alpha value is -1.86. The van der Waals surface area contributed by atoms with Crippen molar-refractivity contribution in [3.63, 3.8) is 0 Å². The molecule has 0 amide bonds. The van der Waals surface area contributed by atoms with Crippen LogP contribution in [0.5, 0.6) is 5.75 Å². The van der Waals surface area contributed by atoms with Crippen LogP contribution in [0.4, 0.5) is 0 Å². The topological polar surface area (TPSA) is 53.3 Å². The second kappa shape index (κ2) is 7.14. The predicted molar refractivity (Wildman–Crippen MR) is 88.4 cm³/mol. The van der Waals surface area contributed by atoms with Crippen molar-refractivity contribution in [1.82, 2.24) is 4.90 Å². The fourth-order valence-electron chi connectivity index (χ4n) is 3.92. The zero-order valence-corrected chi connectivity index (χ0v) is 13.7. The smallest absolute Gasteiger partial charge is 0.166 e. The number of piperidine rings is 1. The van der Waals surface area contributed by atoms with Crippen LogP contribution in [0.2, 0.25) is 0 Å². The molecule has 1 heterocycles. The van der Waals surface area contributed by atoms with Gasteiger partial charge in [-0.3, -0.25) is 4.79 Å². The van der Waals surface area contributed by atoms with Crippen LogP contribution in [0.1, 0.15) is 42.5 Å². The maximum Gasteiger partial charge on any atom is 0.166 e. The fraction of sp³-hybridized carbons (Fsp3) is 0.579. The van der Waals surface area contributed by atoms with Gasteiger partial charge >= 0.3 is 0 Å². The van der Waals surface area contributed by atoms with E-state index in [2.05, 4.69) is 11.0 Å². The monoisotopic (exact) mass is 312 g/mol. The maximum absolute atomic E-state index is 12.6. The number of carbonyl (C=O) groups excluding carboxylic acids is 1. The van der Waals surface area contributed by atoms with Crippen molar-refractivity contribution in [1.29, 1.82) is 5.26 Å². The molecule has 0 aromatic heterocycles. The zero-order chi connectivity index (χ0) is 16.2. The molecule has 0 radical (unpaired) electrons. The molecule has 0 unspecified atom stereocenters. The van der Waals surface area contributed by atoms with Gasteiger partial charge in [0, 0.05) is 23.4 Å². The summed E-state index contributed by atoms with van der Waals surface area (Å²) in [4.78, 5) is 15.1. The molecule has 1 saturated carbocycles. The second-order valence-corrected chi connectivity index (χ2v) is 6.70. The number of ketones is 1. The molecule has 0 spiro atoms. The van der Waals surface area contributed by atoms with Crippen LogP contribution in [0.25, 0.3) is 0 Å². The maximum atomic E-state index is 12.6. The molecular weight excluding hydrogens is 288 g/mol. The Morgan fingerprint density at radius 1 is 1.17 bits per heavy atom. The molecule has 0 bridgehead atoms. The number of rotatable bonds is 4. The molecule has 1 aliphatic heterocycles. The van der Waals surface area contributed by atoms with Gasteiger partial charge in [0.1, 0.15) is 5.75 Å². The third-order valence-corrected chi connectivity index (χ3v) is 5.38. The van der Waals surface area contributed by atoms with Crippen LogP contribution in [-0.4, -0.2) is 36.9 Å². The van der Waals surface area contributed by atoms with Crippen LogP contribution in [0.3, 0.4) is 0 Å². The van der Waals surface area contributed by atoms with Gasteiger partial charge < -0.3 is 9.64 Å². The number of nitriles is 1. The largest absolute Gasteiger partial charge is 0.497 e. The van der Waals surface area contributed by atoms with Crippen molar-refractivity contribution in [2.75, 3.05) is 20.2 Å². The summed E-state index contributed by atoms with van der Waals surface area (Å²) in [6.45, 7) is 1.96. The van der Waals surface area contributed by atoms with E-state index in [-0.39, 0.29) is 17.6 Å². The van der Waals surface area contributed by atoms with E-state index >= 15 is 0 Å². The number of benzene rings is 1. The first kappa shape index (κ1) is 16.0. The summed E-state index contributed by atoms with van der Waals surface area (Å²) in [6, 6.07) is 10.4. The first-order valence-corrected chi connectivity index (χ1v) is 8.53. The van der Waals surface area contributed by atoms with E-state index in [1.165, 1.54) is 0 Å². The number of methoxy groups -OCH3 is 1. The van der Waals surface area contributed by atoms with Crippen molar-refractivity contribution in [2.45, 2.75) is 38.1 Å². The van der Waals surface area contributed by atoms with Gasteiger partial charge in [-0.15, -0.1) is 0 Å². The van der Waals surface area contributed by atoms with Crippen molar-refractivity contribution in [3.8, 4) is 11.8 Å². The molecule has 1 saturated heterocycles. The lowest BCUT2D eigenvalue weighted by molar-refractivity contribution is 0.0792. The van der Waals surface area contributed by atoms with Crippen LogP contribution < -0.4 is 4.74 Å². The predicted octanol–water partition coefficient (Wildman–Crippen LogP) is 3.28. The summed E-state index contributed by atoms with van der Waals surface area (Å²) >= 11 is 0. The van der Waals surface area contributed by atoms with Crippen LogP contribution in [-0.2, 0) is 0 Å². The van der Waals surface area contributed by atoms with Gasteiger partial charge in [-0.1, -0.05) is 0 Å². The number of carbonyl (C=O) groups is 1. The Kier molecular flexibility index (Phi) is 4.97. The molecule has 0 N–H and O–H groups in total. The molecule has 1 aliphatic carbocycles. The van der Waals surface area contributed by atoms with Crippen molar-refractivity contribution in [2.24, 2.45) is 11.8 Å². The molecule has 23 heavy (non-hydrogen) atoms. The van der Waals surface area contributed by atoms with Gasteiger partial charge in [0.15, 0.2) is 5.78 Å². The Bertz CT molecular complexity index is 582. The fourth-order valence-corrected chi connectivity index (χ4v) is 3.92. The Morgan fingerprint density at radius 3 is 2.43 bits per heavy atom. The molecule has 2 atom stereocenters. The summed E-state index contributed by atoms with van der Waals surface area (Å²) in [5.74, 6) is 1.41. The summed E-state index contributed by atoms with van der Waals surface area (Å²) in [5.41, 5.74) is 0.787. The first-order chi connectivity index (χ1) is 11.2. The number of ether oxygens (including phenoxy) is 1. The minimum Gasteiger partial charge on any atom is -0.497 e. The molecule has 2 aliphatic rings. The van der Waals surface area contributed by atoms with Gasteiger partial charge in [-0.05, 0) is 69.5 Å². The lowest BCUT2D eigenvalue weighted by atomic mass is 9.88. The quantitative estimate of drug-likeness (QED) is 0.801. The Morgan fingerprint density at radius 2 is 1.87 bits per heavy atom. The third-order valence-electron chi connectivity index (χ3n) is 5.38.